The first-order valence-electron chi connectivity index (χ1n) is 6.89. The molecule has 6 heteroatoms. The zero-order chi connectivity index (χ0) is 14.8. The highest BCUT2D eigenvalue weighted by molar-refractivity contribution is 7.92. The fraction of sp³-hybridized carbons (Fsp3) is 0.571. The van der Waals surface area contributed by atoms with Gasteiger partial charge in [-0.3, -0.25) is 4.72 Å². The van der Waals surface area contributed by atoms with Gasteiger partial charge in [-0.05, 0) is 37.0 Å². The molecule has 0 saturated heterocycles. The summed E-state index contributed by atoms with van der Waals surface area (Å²) in [5.41, 5.74) is 1.32. The number of anilines is 2. The van der Waals surface area contributed by atoms with E-state index < -0.39 is 10.0 Å². The van der Waals surface area contributed by atoms with Gasteiger partial charge >= 0.3 is 0 Å². The largest absolute Gasteiger partial charge is 0.381 e. The van der Waals surface area contributed by atoms with Crippen molar-refractivity contribution in [1.29, 1.82) is 0 Å². The fourth-order valence-corrected chi connectivity index (χ4v) is 3.37. The Kier molecular flexibility index (Phi) is 4.81. The molecule has 0 radical (unpaired) electrons. The lowest BCUT2D eigenvalue weighted by molar-refractivity contribution is 0.349. The highest BCUT2D eigenvalue weighted by atomic mass is 35.5. The van der Waals surface area contributed by atoms with E-state index in [-0.39, 0.29) is 0 Å². The zero-order valence-corrected chi connectivity index (χ0v) is 13.4. The van der Waals surface area contributed by atoms with Crippen LogP contribution in [0.5, 0.6) is 0 Å². The molecule has 0 aromatic heterocycles. The van der Waals surface area contributed by atoms with Crippen LogP contribution in [0.4, 0.5) is 11.4 Å². The van der Waals surface area contributed by atoms with E-state index in [2.05, 4.69) is 17.0 Å². The summed E-state index contributed by atoms with van der Waals surface area (Å²) in [5.74, 6) is 0.603. The zero-order valence-electron chi connectivity index (χ0n) is 11.8. The molecule has 0 spiro atoms. The van der Waals surface area contributed by atoms with Crippen molar-refractivity contribution in [3.05, 3.63) is 23.2 Å². The second-order valence-electron chi connectivity index (χ2n) is 5.58. The van der Waals surface area contributed by atoms with Crippen LogP contribution in [0.15, 0.2) is 18.2 Å². The normalized spacial score (nSPS) is 23.4. The molecule has 1 aliphatic rings. The average molecular weight is 317 g/mol. The Hall–Kier alpha value is -0.940. The molecule has 1 aromatic carbocycles. The van der Waals surface area contributed by atoms with Crippen LogP contribution in [0.3, 0.4) is 0 Å². The smallest absolute Gasteiger partial charge is 0.229 e. The molecule has 1 fully saturated rings. The molecule has 0 bridgehead atoms. The van der Waals surface area contributed by atoms with Crippen molar-refractivity contribution >= 4 is 33.0 Å². The summed E-state index contributed by atoms with van der Waals surface area (Å²) in [5, 5.41) is 4.07. The van der Waals surface area contributed by atoms with E-state index in [1.807, 2.05) is 0 Å². The number of hydrogen-bond donors (Lipinski definition) is 2. The third-order valence-corrected chi connectivity index (χ3v) is 4.66. The van der Waals surface area contributed by atoms with Gasteiger partial charge in [0.15, 0.2) is 0 Å². The number of halogens is 1. The molecule has 20 heavy (non-hydrogen) atoms. The van der Waals surface area contributed by atoms with Crippen LogP contribution in [0.2, 0.25) is 5.02 Å². The topological polar surface area (TPSA) is 58.2 Å². The van der Waals surface area contributed by atoms with Crippen LogP contribution in [-0.2, 0) is 10.0 Å². The van der Waals surface area contributed by atoms with Crippen molar-refractivity contribution in [1.82, 2.24) is 0 Å². The minimum absolute atomic E-state index is 0.398. The molecule has 1 aromatic rings. The molecule has 2 unspecified atom stereocenters. The van der Waals surface area contributed by atoms with Gasteiger partial charge in [-0.2, -0.15) is 0 Å². The average Bonchev–Trinajstić information content (AvgIpc) is 2.34. The number of hydrogen-bond acceptors (Lipinski definition) is 3. The maximum absolute atomic E-state index is 11.3. The van der Waals surface area contributed by atoms with Crippen molar-refractivity contribution in [2.45, 2.75) is 38.6 Å². The Morgan fingerprint density at radius 2 is 1.95 bits per heavy atom. The van der Waals surface area contributed by atoms with E-state index in [1.54, 1.807) is 18.2 Å². The van der Waals surface area contributed by atoms with E-state index in [4.69, 9.17) is 11.6 Å². The Bertz CT molecular complexity index is 575. The van der Waals surface area contributed by atoms with E-state index in [1.165, 1.54) is 19.3 Å². The van der Waals surface area contributed by atoms with Gasteiger partial charge in [0.05, 0.1) is 22.7 Å². The molecule has 0 aliphatic heterocycles. The summed E-state index contributed by atoms with van der Waals surface area (Å²) >= 11 is 6.19. The first kappa shape index (κ1) is 15.4. The predicted molar refractivity (Wildman–Crippen MR) is 85.0 cm³/mol. The Morgan fingerprint density at radius 3 is 2.60 bits per heavy atom. The third kappa shape index (κ3) is 4.28. The number of rotatable bonds is 4. The summed E-state index contributed by atoms with van der Waals surface area (Å²) in [6.45, 7) is 2.24. The lowest BCUT2D eigenvalue weighted by Crippen LogP contribution is -2.30. The highest BCUT2D eigenvalue weighted by Gasteiger charge is 2.21. The lowest BCUT2D eigenvalue weighted by atomic mass is 9.86. The van der Waals surface area contributed by atoms with Crippen molar-refractivity contribution in [3.63, 3.8) is 0 Å². The second kappa shape index (κ2) is 6.22. The van der Waals surface area contributed by atoms with Crippen LogP contribution in [-0.4, -0.2) is 20.7 Å². The van der Waals surface area contributed by atoms with Crippen LogP contribution >= 0.6 is 11.6 Å². The summed E-state index contributed by atoms with van der Waals surface area (Å²) in [6.07, 6.45) is 5.99. The first-order valence-corrected chi connectivity index (χ1v) is 9.16. The molecule has 1 aliphatic carbocycles. The molecule has 0 amide bonds. The molecular formula is C14H21ClN2O2S. The summed E-state index contributed by atoms with van der Waals surface area (Å²) in [6, 6.07) is 5.53. The molecular weight excluding hydrogens is 296 g/mol. The monoisotopic (exact) mass is 316 g/mol. The van der Waals surface area contributed by atoms with Gasteiger partial charge in [-0.1, -0.05) is 31.4 Å². The van der Waals surface area contributed by atoms with Gasteiger partial charge < -0.3 is 5.32 Å². The van der Waals surface area contributed by atoms with Crippen molar-refractivity contribution in [3.8, 4) is 0 Å². The van der Waals surface area contributed by atoms with E-state index in [0.29, 0.717) is 22.7 Å². The number of sulfonamides is 1. The molecule has 112 valence electrons. The quantitative estimate of drug-likeness (QED) is 0.890. The maximum Gasteiger partial charge on any atom is 0.229 e. The molecule has 0 heterocycles. The third-order valence-electron chi connectivity index (χ3n) is 3.72. The fourth-order valence-electron chi connectivity index (χ4n) is 2.64. The van der Waals surface area contributed by atoms with Crippen molar-refractivity contribution in [2.75, 3.05) is 16.3 Å². The van der Waals surface area contributed by atoms with Gasteiger partial charge in [0, 0.05) is 6.04 Å². The van der Waals surface area contributed by atoms with Gasteiger partial charge in [0.2, 0.25) is 10.0 Å². The summed E-state index contributed by atoms with van der Waals surface area (Å²) in [7, 11) is -3.27. The Labute approximate surface area is 126 Å². The second-order valence-corrected chi connectivity index (χ2v) is 7.74. The van der Waals surface area contributed by atoms with Gasteiger partial charge in [-0.25, -0.2) is 8.42 Å². The highest BCUT2D eigenvalue weighted by Crippen LogP contribution is 2.31. The summed E-state index contributed by atoms with van der Waals surface area (Å²) < 4.78 is 25.0. The van der Waals surface area contributed by atoms with E-state index in [9.17, 15) is 8.42 Å². The van der Waals surface area contributed by atoms with E-state index >= 15 is 0 Å². The van der Waals surface area contributed by atoms with Crippen molar-refractivity contribution in [2.24, 2.45) is 5.92 Å². The van der Waals surface area contributed by atoms with Crippen LogP contribution < -0.4 is 10.0 Å². The van der Waals surface area contributed by atoms with Crippen LogP contribution in [0.25, 0.3) is 0 Å². The molecule has 4 nitrogen and oxygen atoms in total. The summed E-state index contributed by atoms with van der Waals surface area (Å²) in [4.78, 5) is 0. The predicted octanol–water partition coefficient (Wildman–Crippen LogP) is 3.70. The number of benzene rings is 1. The van der Waals surface area contributed by atoms with Gasteiger partial charge in [-0.15, -0.1) is 0 Å². The minimum atomic E-state index is -3.27. The minimum Gasteiger partial charge on any atom is -0.381 e. The molecule has 2 atom stereocenters. The lowest BCUT2D eigenvalue weighted by Gasteiger charge is -2.30. The van der Waals surface area contributed by atoms with E-state index in [0.717, 1.165) is 18.4 Å². The van der Waals surface area contributed by atoms with Crippen LogP contribution in [0, 0.1) is 5.92 Å². The van der Waals surface area contributed by atoms with Crippen LogP contribution in [0.1, 0.15) is 32.6 Å². The van der Waals surface area contributed by atoms with Crippen molar-refractivity contribution < 1.29 is 8.42 Å². The molecule has 2 rings (SSSR count). The Balaban J connectivity index is 2.16. The standard InChI is InChI=1S/C14H21ClN2O2S/c1-10-5-3-4-6-13(10)16-14-9-11(7-8-12(14)15)17-20(2,18)19/h7-10,13,16-17H,3-6H2,1-2H3. The molecule has 1 saturated carbocycles. The van der Waals surface area contributed by atoms with Gasteiger partial charge in [0.25, 0.3) is 0 Å². The number of nitrogens with one attached hydrogen (secondary N) is 2. The van der Waals surface area contributed by atoms with Gasteiger partial charge in [0.1, 0.15) is 0 Å². The molecule has 2 N–H and O–H groups in total. The SMILES string of the molecule is CC1CCCCC1Nc1cc(NS(C)(=O)=O)ccc1Cl. The maximum atomic E-state index is 11.3. The Morgan fingerprint density at radius 1 is 1.25 bits per heavy atom. The first-order chi connectivity index (χ1) is 9.35.